The number of carbonyl (C=O) groups excluding carboxylic acids is 2. The number of nitrogens with zero attached hydrogens (tertiary/aromatic N) is 5. The average molecular weight is 648 g/mol. The third-order valence-electron chi connectivity index (χ3n) is 9.05. The van der Waals surface area contributed by atoms with Gasteiger partial charge < -0.3 is 10.2 Å². The van der Waals surface area contributed by atoms with Crippen LogP contribution in [0.1, 0.15) is 18.4 Å². The number of fused-ring (bicyclic) bond motifs is 1. The molecule has 0 aliphatic carbocycles. The number of nitrogens with one attached hydrogen (secondary N) is 2. The van der Waals surface area contributed by atoms with Gasteiger partial charge >= 0.3 is 0 Å². The Bertz CT molecular complexity index is 1950. The Kier molecular flexibility index (Phi) is 8.57. The van der Waals surface area contributed by atoms with Crippen molar-refractivity contribution in [3.05, 3.63) is 103 Å². The summed E-state index contributed by atoms with van der Waals surface area (Å²) < 4.78 is 12.8. The number of amides is 2. The Labute approximate surface area is 276 Å². The third-order valence-corrected chi connectivity index (χ3v) is 10.4. The van der Waals surface area contributed by atoms with Crippen LogP contribution in [-0.4, -0.2) is 85.5 Å². The molecule has 0 spiro atoms. The summed E-state index contributed by atoms with van der Waals surface area (Å²) in [5.41, 5.74) is 6.30. The number of aromatic amines is 1. The minimum Gasteiger partial charge on any atom is -0.338 e. The van der Waals surface area contributed by atoms with Crippen LogP contribution in [0.4, 0.5) is 10.1 Å². The quantitative estimate of drug-likeness (QED) is 0.216. The van der Waals surface area contributed by atoms with Crippen molar-refractivity contribution in [3.63, 3.8) is 0 Å². The molecule has 9 nitrogen and oxygen atoms in total. The molecule has 5 aromatic rings. The molecule has 0 unspecified atom stereocenters. The zero-order valence-corrected chi connectivity index (χ0v) is 26.8. The van der Waals surface area contributed by atoms with Crippen LogP contribution < -0.4 is 5.32 Å². The van der Waals surface area contributed by atoms with Gasteiger partial charge in [0.2, 0.25) is 11.8 Å². The largest absolute Gasteiger partial charge is 0.338 e. The van der Waals surface area contributed by atoms with Crippen LogP contribution in [0.15, 0.2) is 91.3 Å². The Morgan fingerprint density at radius 1 is 0.979 bits per heavy atom. The van der Waals surface area contributed by atoms with Gasteiger partial charge in [-0.15, -0.1) is 11.8 Å². The lowest BCUT2D eigenvalue weighted by atomic mass is 9.98. The van der Waals surface area contributed by atoms with Gasteiger partial charge in [0.1, 0.15) is 10.6 Å². The summed E-state index contributed by atoms with van der Waals surface area (Å²) in [4.78, 5) is 39.7. The van der Waals surface area contributed by atoms with Crippen LogP contribution in [0, 0.1) is 5.82 Å². The van der Waals surface area contributed by atoms with Gasteiger partial charge in [0, 0.05) is 60.8 Å². The zero-order chi connectivity index (χ0) is 32.4. The molecule has 2 aliphatic heterocycles. The molecular formula is C36H34FN7O2S. The molecule has 4 heterocycles. The molecule has 0 saturated carbocycles. The lowest BCUT2D eigenvalue weighted by Gasteiger charge is -2.29. The summed E-state index contributed by atoms with van der Waals surface area (Å²) in [6.07, 6.45) is 9.00. The molecule has 2 aliphatic rings. The van der Waals surface area contributed by atoms with E-state index in [0.717, 1.165) is 34.0 Å². The summed E-state index contributed by atoms with van der Waals surface area (Å²) in [5, 5.41) is 11.4. The topological polar surface area (TPSA) is 107 Å². The molecule has 2 amide bonds. The predicted octanol–water partition coefficient (Wildman–Crippen LogP) is 5.89. The molecule has 3 aromatic carbocycles. The smallest absolute Gasteiger partial charge is 0.241 e. The van der Waals surface area contributed by atoms with E-state index in [4.69, 9.17) is 0 Å². The lowest BCUT2D eigenvalue weighted by Crippen LogP contribution is -2.45. The molecule has 2 aromatic heterocycles. The number of hydrogen-bond donors (Lipinski definition) is 2. The first-order chi connectivity index (χ1) is 22.9. The molecular weight excluding hydrogens is 614 g/mol. The first-order valence-corrected chi connectivity index (χ1v) is 16.8. The van der Waals surface area contributed by atoms with Crippen molar-refractivity contribution in [2.24, 2.45) is 0 Å². The monoisotopic (exact) mass is 647 g/mol. The highest BCUT2D eigenvalue weighted by atomic mass is 32.2. The summed E-state index contributed by atoms with van der Waals surface area (Å²) in [5.74, 6) is 0.385. The van der Waals surface area contributed by atoms with E-state index in [0.29, 0.717) is 49.8 Å². The SMILES string of the molecule is CS[C@]1(C(=O)Nc2ccc3[nH]nc(-c4ccc(F)cc4)c3c2)CCN(CC(=O)N2CC=C(c3ccc(-c4ncccn4)cc3)CC2)C1. The summed E-state index contributed by atoms with van der Waals surface area (Å²) in [6, 6.07) is 21.8. The second kappa shape index (κ2) is 13.1. The average Bonchev–Trinajstić information content (AvgIpc) is 3.74. The molecule has 1 saturated heterocycles. The standard InChI is InChI=1S/C36H34FN7O2S/c1-47-36(35(46)40-29-11-12-31-30(21-29)33(42-41-31)26-7-9-28(37)10-8-26)15-20-43(23-36)22-32(45)44-18-13-25(14-19-44)24-3-5-27(6-4-24)34-38-16-2-17-39-34/h2-13,16-17,21H,14-15,18-20,22-23H2,1H3,(H,40,46)(H,41,42)/t36-/m1/s1. The van der Waals surface area contributed by atoms with E-state index in [1.807, 2.05) is 41.5 Å². The van der Waals surface area contributed by atoms with E-state index in [9.17, 15) is 14.0 Å². The molecule has 0 radical (unpaired) electrons. The van der Waals surface area contributed by atoms with Gasteiger partial charge in [-0.25, -0.2) is 14.4 Å². The number of likely N-dealkylation sites (tertiary alicyclic amines) is 1. The van der Waals surface area contributed by atoms with Crippen LogP contribution in [0.25, 0.3) is 39.1 Å². The van der Waals surface area contributed by atoms with Crippen LogP contribution in [0.5, 0.6) is 0 Å². The fourth-order valence-corrected chi connectivity index (χ4v) is 7.18. The van der Waals surface area contributed by atoms with E-state index in [-0.39, 0.29) is 24.2 Å². The van der Waals surface area contributed by atoms with E-state index in [1.165, 1.54) is 29.5 Å². The fraction of sp³-hybridized carbons (Fsp3) is 0.250. The first-order valence-electron chi connectivity index (χ1n) is 15.6. The van der Waals surface area contributed by atoms with Crippen LogP contribution in [-0.2, 0) is 9.59 Å². The number of rotatable bonds is 8. The van der Waals surface area contributed by atoms with Crippen LogP contribution >= 0.6 is 11.8 Å². The van der Waals surface area contributed by atoms with Crippen molar-refractivity contribution in [1.29, 1.82) is 0 Å². The predicted molar refractivity (Wildman–Crippen MR) is 184 cm³/mol. The van der Waals surface area contributed by atoms with Gasteiger partial charge in [-0.1, -0.05) is 30.3 Å². The molecule has 11 heteroatoms. The van der Waals surface area contributed by atoms with Crippen LogP contribution in [0.3, 0.4) is 0 Å². The van der Waals surface area contributed by atoms with Crippen molar-refractivity contribution in [3.8, 4) is 22.6 Å². The van der Waals surface area contributed by atoms with Crippen molar-refractivity contribution in [1.82, 2.24) is 30.0 Å². The molecule has 7 rings (SSSR count). The van der Waals surface area contributed by atoms with Gasteiger partial charge in [-0.2, -0.15) is 5.10 Å². The van der Waals surface area contributed by atoms with E-state index < -0.39 is 4.75 Å². The highest BCUT2D eigenvalue weighted by Crippen LogP contribution is 2.36. The highest BCUT2D eigenvalue weighted by Gasteiger charge is 2.44. The summed E-state index contributed by atoms with van der Waals surface area (Å²) >= 11 is 1.53. The first kappa shape index (κ1) is 30.8. The normalized spacial score (nSPS) is 18.3. The number of H-pyrrole nitrogens is 1. The van der Waals surface area contributed by atoms with Gasteiger partial charge in [0.05, 0.1) is 17.8 Å². The Balaban J connectivity index is 0.960. The van der Waals surface area contributed by atoms with Gasteiger partial charge in [-0.3, -0.25) is 19.6 Å². The minimum absolute atomic E-state index is 0.0768. The maximum Gasteiger partial charge on any atom is 0.241 e. The van der Waals surface area contributed by atoms with E-state index >= 15 is 0 Å². The fourth-order valence-electron chi connectivity index (χ4n) is 6.33. The number of benzene rings is 3. The molecule has 0 bridgehead atoms. The van der Waals surface area contributed by atoms with E-state index in [1.54, 1.807) is 30.6 Å². The number of carbonyl (C=O) groups is 2. The molecule has 238 valence electrons. The minimum atomic E-state index is -0.669. The second-order valence-corrected chi connectivity index (χ2v) is 13.1. The summed E-state index contributed by atoms with van der Waals surface area (Å²) in [7, 11) is 0. The van der Waals surface area contributed by atoms with Crippen molar-refractivity contribution >= 4 is 45.7 Å². The molecule has 1 atom stereocenters. The third kappa shape index (κ3) is 6.41. The maximum absolute atomic E-state index is 13.7. The zero-order valence-electron chi connectivity index (χ0n) is 25.9. The van der Waals surface area contributed by atoms with E-state index in [2.05, 4.69) is 48.6 Å². The molecule has 47 heavy (non-hydrogen) atoms. The van der Waals surface area contributed by atoms with Crippen molar-refractivity contribution in [2.45, 2.75) is 17.6 Å². The number of halogens is 1. The number of aromatic nitrogens is 4. The number of anilines is 1. The molecule has 1 fully saturated rings. The maximum atomic E-state index is 13.7. The Hall–Kier alpha value is -4.87. The lowest BCUT2D eigenvalue weighted by molar-refractivity contribution is -0.132. The highest BCUT2D eigenvalue weighted by molar-refractivity contribution is 8.00. The molecule has 2 N–H and O–H groups in total. The Morgan fingerprint density at radius 3 is 2.45 bits per heavy atom. The second-order valence-electron chi connectivity index (χ2n) is 11.9. The van der Waals surface area contributed by atoms with Gasteiger partial charge in [-0.05, 0) is 78.8 Å². The number of hydrogen-bond acceptors (Lipinski definition) is 7. The Morgan fingerprint density at radius 2 is 1.72 bits per heavy atom. The van der Waals surface area contributed by atoms with Crippen molar-refractivity contribution in [2.75, 3.05) is 44.3 Å². The van der Waals surface area contributed by atoms with Crippen molar-refractivity contribution < 1.29 is 14.0 Å². The number of thioether (sulfide) groups is 1. The van der Waals surface area contributed by atoms with Gasteiger partial charge in [0.25, 0.3) is 0 Å². The summed E-state index contributed by atoms with van der Waals surface area (Å²) in [6.45, 7) is 2.67. The van der Waals surface area contributed by atoms with Crippen LogP contribution in [0.2, 0.25) is 0 Å². The van der Waals surface area contributed by atoms with Gasteiger partial charge in [0.15, 0.2) is 5.82 Å².